The van der Waals surface area contributed by atoms with Crippen molar-refractivity contribution in [1.29, 1.82) is 0 Å². The van der Waals surface area contributed by atoms with E-state index in [4.69, 9.17) is 9.47 Å². The van der Waals surface area contributed by atoms with Crippen molar-refractivity contribution in [2.24, 2.45) is 4.99 Å². The molecule has 0 aliphatic carbocycles. The van der Waals surface area contributed by atoms with Crippen LogP contribution in [0, 0.1) is 0 Å². The fraction of sp³-hybridized carbons (Fsp3) is 0.261. The van der Waals surface area contributed by atoms with Crippen molar-refractivity contribution in [2.75, 3.05) is 28.3 Å². The molecule has 1 aromatic heterocycles. The molecule has 2 heterocycles. The van der Waals surface area contributed by atoms with Crippen molar-refractivity contribution >= 4 is 28.1 Å². The molecule has 0 bridgehead atoms. The molecular formula is C23H24N4O3. The van der Waals surface area contributed by atoms with Crippen LogP contribution in [-0.2, 0) is 11.3 Å². The Balaban J connectivity index is 1.71. The van der Waals surface area contributed by atoms with Crippen LogP contribution in [0.3, 0.4) is 0 Å². The summed E-state index contributed by atoms with van der Waals surface area (Å²) < 4.78 is 12.7. The Labute approximate surface area is 175 Å². The summed E-state index contributed by atoms with van der Waals surface area (Å²) in [5, 5.41) is 5.63. The van der Waals surface area contributed by atoms with E-state index in [0.29, 0.717) is 18.7 Å². The Morgan fingerprint density at radius 3 is 2.50 bits per heavy atom. The number of aromatic nitrogens is 2. The van der Waals surface area contributed by atoms with Gasteiger partial charge < -0.3 is 14.4 Å². The summed E-state index contributed by atoms with van der Waals surface area (Å²) >= 11 is 0. The van der Waals surface area contributed by atoms with Crippen LogP contribution in [0.15, 0.2) is 53.8 Å². The zero-order chi connectivity index (χ0) is 21.3. The number of fused-ring (bicyclic) bond motifs is 1. The number of carbonyl (C=O) groups is 1. The van der Waals surface area contributed by atoms with Crippen LogP contribution in [0.4, 0.5) is 0 Å². The normalized spacial score (nSPS) is 15.6. The third-order valence-electron chi connectivity index (χ3n) is 5.30. The molecule has 1 aliphatic rings. The lowest BCUT2D eigenvalue weighted by Gasteiger charge is -2.22. The molecule has 0 saturated carbocycles. The number of carbonyl (C=O) groups excluding carboxylic acids is 1. The van der Waals surface area contributed by atoms with Gasteiger partial charge in [0.25, 0.3) is 5.91 Å². The SMILES string of the molecule is CN=C1CC(c2ccc3cnn(Cc4cc(OC)cc(OC)c4)c3c2)=CN(C)C1=O. The van der Waals surface area contributed by atoms with Crippen LogP contribution < -0.4 is 9.47 Å². The number of methoxy groups -OCH3 is 2. The molecule has 4 rings (SSSR count). The molecule has 7 nitrogen and oxygen atoms in total. The van der Waals surface area contributed by atoms with Crippen molar-refractivity contribution in [3.8, 4) is 11.5 Å². The quantitative estimate of drug-likeness (QED) is 0.654. The Morgan fingerprint density at radius 1 is 1.10 bits per heavy atom. The minimum Gasteiger partial charge on any atom is -0.497 e. The highest BCUT2D eigenvalue weighted by atomic mass is 16.5. The van der Waals surface area contributed by atoms with E-state index in [1.165, 1.54) is 0 Å². The average Bonchev–Trinajstić information content (AvgIpc) is 3.17. The second kappa shape index (κ2) is 8.02. The predicted octanol–water partition coefficient (Wildman–Crippen LogP) is 3.38. The van der Waals surface area contributed by atoms with E-state index >= 15 is 0 Å². The van der Waals surface area contributed by atoms with Crippen LogP contribution >= 0.6 is 0 Å². The first-order chi connectivity index (χ1) is 14.5. The highest BCUT2D eigenvalue weighted by molar-refractivity contribution is 6.41. The molecule has 0 radical (unpaired) electrons. The molecule has 0 fully saturated rings. The number of allylic oxidation sites excluding steroid dienone is 1. The van der Waals surface area contributed by atoms with Crippen LogP contribution in [0.1, 0.15) is 17.5 Å². The van der Waals surface area contributed by atoms with Gasteiger partial charge in [-0.25, -0.2) is 0 Å². The monoisotopic (exact) mass is 404 g/mol. The molecular weight excluding hydrogens is 380 g/mol. The largest absolute Gasteiger partial charge is 0.497 e. The molecule has 30 heavy (non-hydrogen) atoms. The van der Waals surface area contributed by atoms with Crippen LogP contribution in [0.5, 0.6) is 11.5 Å². The molecule has 2 aromatic carbocycles. The van der Waals surface area contributed by atoms with E-state index < -0.39 is 0 Å². The van der Waals surface area contributed by atoms with Gasteiger partial charge in [-0.05, 0) is 34.9 Å². The zero-order valence-electron chi connectivity index (χ0n) is 17.5. The molecule has 0 atom stereocenters. The van der Waals surface area contributed by atoms with Crippen molar-refractivity contribution in [3.05, 3.63) is 59.9 Å². The van der Waals surface area contributed by atoms with Crippen LogP contribution in [0.2, 0.25) is 0 Å². The highest BCUT2D eigenvalue weighted by Gasteiger charge is 2.23. The third-order valence-corrected chi connectivity index (χ3v) is 5.30. The van der Waals surface area contributed by atoms with E-state index in [1.807, 2.05) is 35.3 Å². The summed E-state index contributed by atoms with van der Waals surface area (Å²) in [6.45, 7) is 0.583. The Kier molecular flexibility index (Phi) is 5.27. The van der Waals surface area contributed by atoms with Crippen molar-refractivity contribution in [3.63, 3.8) is 0 Å². The van der Waals surface area contributed by atoms with Gasteiger partial charge in [-0.15, -0.1) is 0 Å². The maximum Gasteiger partial charge on any atom is 0.271 e. The zero-order valence-corrected chi connectivity index (χ0v) is 17.5. The van der Waals surface area contributed by atoms with Gasteiger partial charge in [0.1, 0.15) is 17.2 Å². The van der Waals surface area contributed by atoms with Gasteiger partial charge in [-0.3, -0.25) is 14.5 Å². The molecule has 154 valence electrons. The second-order valence-electron chi connectivity index (χ2n) is 7.21. The summed E-state index contributed by atoms with van der Waals surface area (Å²) in [6.07, 6.45) is 4.26. The van der Waals surface area contributed by atoms with E-state index in [0.717, 1.165) is 39.1 Å². The average molecular weight is 404 g/mol. The number of benzene rings is 2. The van der Waals surface area contributed by atoms with E-state index in [1.54, 1.807) is 33.2 Å². The molecule has 1 amide bonds. The first-order valence-corrected chi connectivity index (χ1v) is 9.63. The van der Waals surface area contributed by atoms with Crippen molar-refractivity contribution < 1.29 is 14.3 Å². The van der Waals surface area contributed by atoms with Crippen molar-refractivity contribution in [1.82, 2.24) is 14.7 Å². The number of aliphatic imine (C=N–C) groups is 1. The molecule has 0 spiro atoms. The molecule has 3 aromatic rings. The standard InChI is InChI=1S/C23H24N4O3/c1-24-21-9-18(14-26(2)23(21)28)16-5-6-17-12-25-27(22(17)10-16)13-15-7-19(29-3)11-20(8-15)30-4/h5-8,10-12,14H,9,13H2,1-4H3. The van der Waals surface area contributed by atoms with Gasteiger partial charge in [0, 0.05) is 38.2 Å². The maximum atomic E-state index is 12.2. The lowest BCUT2D eigenvalue weighted by atomic mass is 9.97. The second-order valence-corrected chi connectivity index (χ2v) is 7.21. The number of nitrogens with zero attached hydrogens (tertiary/aromatic N) is 4. The van der Waals surface area contributed by atoms with E-state index in [9.17, 15) is 4.79 Å². The number of ether oxygens (including phenoxy) is 2. The Bertz CT molecular complexity index is 1150. The molecule has 0 unspecified atom stereocenters. The van der Waals surface area contributed by atoms with Gasteiger partial charge in [0.15, 0.2) is 0 Å². The van der Waals surface area contributed by atoms with E-state index in [2.05, 4.69) is 28.3 Å². The Morgan fingerprint density at radius 2 is 1.83 bits per heavy atom. The predicted molar refractivity (Wildman–Crippen MR) is 117 cm³/mol. The van der Waals surface area contributed by atoms with Gasteiger partial charge in [-0.1, -0.05) is 12.1 Å². The highest BCUT2D eigenvalue weighted by Crippen LogP contribution is 2.28. The third kappa shape index (κ3) is 3.66. The summed E-state index contributed by atoms with van der Waals surface area (Å²) in [4.78, 5) is 17.9. The molecule has 1 aliphatic heterocycles. The van der Waals surface area contributed by atoms with Gasteiger partial charge in [0.05, 0.1) is 32.5 Å². The lowest BCUT2D eigenvalue weighted by Crippen LogP contribution is -2.33. The minimum atomic E-state index is -0.0562. The smallest absolute Gasteiger partial charge is 0.271 e. The molecule has 0 saturated heterocycles. The lowest BCUT2D eigenvalue weighted by molar-refractivity contribution is -0.121. The first-order valence-electron chi connectivity index (χ1n) is 9.63. The fourth-order valence-corrected chi connectivity index (χ4v) is 3.68. The summed E-state index contributed by atoms with van der Waals surface area (Å²) in [6, 6.07) is 12.0. The molecule has 0 N–H and O–H groups in total. The molecule has 7 heteroatoms. The summed E-state index contributed by atoms with van der Waals surface area (Å²) in [7, 11) is 6.69. The van der Waals surface area contributed by atoms with Gasteiger partial charge in [-0.2, -0.15) is 5.10 Å². The maximum absolute atomic E-state index is 12.2. The van der Waals surface area contributed by atoms with E-state index in [-0.39, 0.29) is 5.91 Å². The van der Waals surface area contributed by atoms with Gasteiger partial charge in [0.2, 0.25) is 0 Å². The van der Waals surface area contributed by atoms with Crippen LogP contribution in [-0.4, -0.2) is 54.6 Å². The van der Waals surface area contributed by atoms with Crippen LogP contribution in [0.25, 0.3) is 16.5 Å². The number of hydrogen-bond donors (Lipinski definition) is 0. The summed E-state index contributed by atoms with van der Waals surface area (Å²) in [5.41, 5.74) is 4.71. The van der Waals surface area contributed by atoms with Crippen molar-refractivity contribution in [2.45, 2.75) is 13.0 Å². The van der Waals surface area contributed by atoms with Gasteiger partial charge >= 0.3 is 0 Å². The Hall–Kier alpha value is -3.61. The number of rotatable bonds is 5. The minimum absolute atomic E-state index is 0.0562. The number of hydrogen-bond acceptors (Lipinski definition) is 5. The summed E-state index contributed by atoms with van der Waals surface area (Å²) in [5.74, 6) is 1.43. The topological polar surface area (TPSA) is 69.0 Å². The first kappa shape index (κ1) is 19.7. The number of amides is 1. The fourth-order valence-electron chi connectivity index (χ4n) is 3.68.